The number of rotatable bonds is 9. The molecule has 0 aliphatic heterocycles. The minimum absolute atomic E-state index is 0.0787. The van der Waals surface area contributed by atoms with Crippen molar-refractivity contribution in [2.24, 2.45) is 0 Å². The number of ether oxygens (including phenoxy) is 1. The van der Waals surface area contributed by atoms with Crippen LogP contribution in [-0.2, 0) is 0 Å². The number of carboxylic acid groups (broad SMARTS) is 1. The smallest absolute Gasteiger partial charge is 0.336 e. The number of aromatic nitrogens is 2. The molecule has 1 atom stereocenters. The predicted molar refractivity (Wildman–Crippen MR) is 152 cm³/mol. The van der Waals surface area contributed by atoms with Crippen LogP contribution in [0.25, 0.3) is 33.5 Å². The molecule has 3 N–H and O–H groups in total. The lowest BCUT2D eigenvalue weighted by molar-refractivity contribution is 0.0697. The second-order valence-electron chi connectivity index (χ2n) is 9.45. The fourth-order valence-corrected chi connectivity index (χ4v) is 4.83. The number of carbonyl (C=O) groups is 2. The van der Waals surface area contributed by atoms with Crippen LogP contribution in [0, 0.1) is 5.82 Å². The van der Waals surface area contributed by atoms with Crippen LogP contribution < -0.4 is 10.1 Å². The number of imidazole rings is 1. The molecule has 0 saturated carbocycles. The third kappa shape index (κ3) is 5.42. The van der Waals surface area contributed by atoms with Crippen LogP contribution in [0.2, 0.25) is 0 Å². The first-order valence-corrected chi connectivity index (χ1v) is 12.9. The SMILES string of the molecule is CCC[C@@H](NC(=O)c1ccc(-c2ccc(F)cc2-c2nc3ccc(OC)cc3[nH]2)c(C(=O)O)c1)c1ccccc1. The monoisotopic (exact) mass is 537 g/mol. The number of nitrogens with one attached hydrogen (secondary N) is 2. The van der Waals surface area contributed by atoms with Crippen LogP contribution in [0.3, 0.4) is 0 Å². The van der Waals surface area contributed by atoms with Crippen molar-refractivity contribution < 1.29 is 23.8 Å². The average Bonchev–Trinajstić information content (AvgIpc) is 3.40. The van der Waals surface area contributed by atoms with E-state index in [0.717, 1.165) is 18.4 Å². The summed E-state index contributed by atoms with van der Waals surface area (Å²) in [6.07, 6.45) is 1.60. The second kappa shape index (κ2) is 11.4. The van der Waals surface area contributed by atoms with Crippen molar-refractivity contribution in [1.82, 2.24) is 15.3 Å². The lowest BCUT2D eigenvalue weighted by Crippen LogP contribution is -2.28. The quantitative estimate of drug-likeness (QED) is 0.188. The molecule has 8 heteroatoms. The second-order valence-corrected chi connectivity index (χ2v) is 9.45. The molecule has 40 heavy (non-hydrogen) atoms. The Morgan fingerprint density at radius 3 is 2.48 bits per heavy atom. The Morgan fingerprint density at radius 1 is 0.975 bits per heavy atom. The van der Waals surface area contributed by atoms with Crippen LogP contribution in [0.15, 0.2) is 84.9 Å². The van der Waals surface area contributed by atoms with Crippen molar-refractivity contribution >= 4 is 22.9 Å². The standard InChI is InChI=1S/C32H28FN3O4/c1-3-7-27(19-8-5-4-6-9-19)36-31(37)20-10-13-24(26(16-20)32(38)39)23-14-11-21(33)17-25(23)30-34-28-15-12-22(40-2)18-29(28)35-30/h4-6,8-18,27H,3,7H2,1-2H3,(H,34,35)(H,36,37)(H,38,39)/t27-/m1/s1. The Labute approximate surface area is 230 Å². The molecule has 1 amide bonds. The third-order valence-electron chi connectivity index (χ3n) is 6.81. The number of amides is 1. The molecule has 1 heterocycles. The van der Waals surface area contributed by atoms with Gasteiger partial charge in [0.05, 0.1) is 29.7 Å². The Balaban J connectivity index is 1.54. The summed E-state index contributed by atoms with van der Waals surface area (Å²) >= 11 is 0. The first kappa shape index (κ1) is 26.6. The lowest BCUT2D eigenvalue weighted by atomic mass is 9.93. The molecule has 5 rings (SSSR count). The summed E-state index contributed by atoms with van der Waals surface area (Å²) in [6, 6.07) is 23.4. The summed E-state index contributed by atoms with van der Waals surface area (Å²) in [4.78, 5) is 33.4. The van der Waals surface area contributed by atoms with Crippen molar-refractivity contribution in [2.45, 2.75) is 25.8 Å². The average molecular weight is 538 g/mol. The molecular weight excluding hydrogens is 509 g/mol. The van der Waals surface area contributed by atoms with E-state index in [0.29, 0.717) is 39.3 Å². The minimum Gasteiger partial charge on any atom is -0.497 e. The van der Waals surface area contributed by atoms with Gasteiger partial charge in [0.25, 0.3) is 5.91 Å². The Bertz CT molecular complexity index is 1700. The molecule has 0 saturated heterocycles. The molecule has 0 unspecified atom stereocenters. The maximum atomic E-state index is 14.4. The highest BCUT2D eigenvalue weighted by atomic mass is 19.1. The maximum Gasteiger partial charge on any atom is 0.336 e. The number of hydrogen-bond donors (Lipinski definition) is 3. The molecule has 5 aromatic rings. The van der Waals surface area contributed by atoms with Crippen molar-refractivity contribution in [3.63, 3.8) is 0 Å². The lowest BCUT2D eigenvalue weighted by Gasteiger charge is -2.19. The van der Waals surface area contributed by atoms with Crippen molar-refractivity contribution in [3.05, 3.63) is 107 Å². The van der Waals surface area contributed by atoms with Gasteiger partial charge in [-0.05, 0) is 59.5 Å². The van der Waals surface area contributed by atoms with Gasteiger partial charge in [0.1, 0.15) is 17.4 Å². The van der Waals surface area contributed by atoms with Crippen LogP contribution in [-0.4, -0.2) is 34.1 Å². The number of aromatic amines is 1. The van der Waals surface area contributed by atoms with Crippen LogP contribution in [0.5, 0.6) is 5.75 Å². The molecule has 202 valence electrons. The van der Waals surface area contributed by atoms with Gasteiger partial charge in [0.2, 0.25) is 0 Å². The van der Waals surface area contributed by atoms with Crippen molar-refractivity contribution in [2.75, 3.05) is 7.11 Å². The van der Waals surface area contributed by atoms with Crippen molar-refractivity contribution in [1.29, 1.82) is 0 Å². The summed E-state index contributed by atoms with van der Waals surface area (Å²) in [5.74, 6) is -1.06. The number of H-pyrrole nitrogens is 1. The summed E-state index contributed by atoms with van der Waals surface area (Å²) in [6.45, 7) is 2.04. The van der Waals surface area contributed by atoms with Gasteiger partial charge in [-0.2, -0.15) is 0 Å². The molecule has 0 bridgehead atoms. The number of halogens is 1. The Hall–Kier alpha value is -4.98. The predicted octanol–water partition coefficient (Wildman–Crippen LogP) is 7.01. The number of aromatic carboxylic acids is 1. The molecule has 7 nitrogen and oxygen atoms in total. The number of fused-ring (bicyclic) bond motifs is 1. The third-order valence-corrected chi connectivity index (χ3v) is 6.81. The summed E-state index contributed by atoms with van der Waals surface area (Å²) in [5.41, 5.74) is 3.65. The van der Waals surface area contributed by atoms with E-state index in [9.17, 15) is 19.1 Å². The summed E-state index contributed by atoms with van der Waals surface area (Å²) in [5, 5.41) is 13.2. The van der Waals surface area contributed by atoms with Gasteiger partial charge in [-0.3, -0.25) is 4.79 Å². The van der Waals surface area contributed by atoms with E-state index in [2.05, 4.69) is 15.3 Å². The fraction of sp³-hybridized carbons (Fsp3) is 0.156. The molecule has 1 aromatic heterocycles. The largest absolute Gasteiger partial charge is 0.497 e. The molecule has 0 fully saturated rings. The molecule has 0 aliphatic rings. The Kier molecular flexibility index (Phi) is 7.59. The summed E-state index contributed by atoms with van der Waals surface area (Å²) < 4.78 is 19.7. The topological polar surface area (TPSA) is 104 Å². The number of carbonyl (C=O) groups excluding carboxylic acids is 1. The number of benzene rings is 4. The van der Waals surface area contributed by atoms with Gasteiger partial charge >= 0.3 is 5.97 Å². The Morgan fingerprint density at radius 2 is 1.75 bits per heavy atom. The highest BCUT2D eigenvalue weighted by molar-refractivity contribution is 6.03. The molecule has 0 radical (unpaired) electrons. The van der Waals surface area contributed by atoms with E-state index in [1.807, 2.05) is 37.3 Å². The van der Waals surface area contributed by atoms with E-state index >= 15 is 0 Å². The molecule has 0 aliphatic carbocycles. The van der Waals surface area contributed by atoms with E-state index in [1.165, 1.54) is 24.3 Å². The zero-order valence-electron chi connectivity index (χ0n) is 22.1. The zero-order chi connectivity index (χ0) is 28.2. The highest BCUT2D eigenvalue weighted by Crippen LogP contribution is 2.35. The number of nitrogens with zero attached hydrogens (tertiary/aromatic N) is 1. The van der Waals surface area contributed by atoms with Gasteiger partial charge in [-0.15, -0.1) is 0 Å². The highest BCUT2D eigenvalue weighted by Gasteiger charge is 2.22. The first-order valence-electron chi connectivity index (χ1n) is 12.9. The van der Waals surface area contributed by atoms with Gasteiger partial charge < -0.3 is 20.1 Å². The minimum atomic E-state index is -1.21. The first-order chi connectivity index (χ1) is 19.4. The fourth-order valence-electron chi connectivity index (χ4n) is 4.83. The normalized spacial score (nSPS) is 11.8. The van der Waals surface area contributed by atoms with Crippen molar-refractivity contribution in [3.8, 4) is 28.3 Å². The molecule has 0 spiro atoms. The van der Waals surface area contributed by atoms with Gasteiger partial charge in [-0.1, -0.05) is 55.8 Å². The molecular formula is C32H28FN3O4. The number of carboxylic acids is 1. The molecule has 4 aromatic carbocycles. The number of hydrogen-bond acceptors (Lipinski definition) is 4. The van der Waals surface area contributed by atoms with E-state index in [4.69, 9.17) is 4.74 Å². The van der Waals surface area contributed by atoms with E-state index in [-0.39, 0.29) is 23.1 Å². The van der Waals surface area contributed by atoms with E-state index < -0.39 is 11.8 Å². The van der Waals surface area contributed by atoms with Crippen LogP contribution >= 0.6 is 0 Å². The summed E-state index contributed by atoms with van der Waals surface area (Å²) in [7, 11) is 1.56. The zero-order valence-corrected chi connectivity index (χ0v) is 22.1. The van der Waals surface area contributed by atoms with Gasteiger partial charge in [-0.25, -0.2) is 14.2 Å². The maximum absolute atomic E-state index is 14.4. The van der Waals surface area contributed by atoms with E-state index in [1.54, 1.807) is 37.4 Å². The number of methoxy groups -OCH3 is 1. The van der Waals surface area contributed by atoms with Crippen LogP contribution in [0.4, 0.5) is 4.39 Å². The van der Waals surface area contributed by atoms with Gasteiger partial charge in [0, 0.05) is 17.2 Å². The van der Waals surface area contributed by atoms with Crippen LogP contribution in [0.1, 0.15) is 52.1 Å². The van der Waals surface area contributed by atoms with Gasteiger partial charge in [0.15, 0.2) is 0 Å².